The van der Waals surface area contributed by atoms with E-state index < -0.39 is 23.4 Å². The molecule has 1 aliphatic heterocycles. The number of pyridine rings is 1. The molecule has 2 aromatic heterocycles. The molecular weight excluding hydrogens is 441 g/mol. The minimum atomic E-state index is -4.57. The Morgan fingerprint density at radius 3 is 2.58 bits per heavy atom. The summed E-state index contributed by atoms with van der Waals surface area (Å²) in [6, 6.07) is 4.74. The number of nitrogens with zero attached hydrogens (tertiary/aromatic N) is 5. The third-order valence-electron chi connectivity index (χ3n) is 6.60. The Bertz CT molecular complexity index is 1280. The third kappa shape index (κ3) is 3.66. The Hall–Kier alpha value is -3.01. The summed E-state index contributed by atoms with van der Waals surface area (Å²) in [6.45, 7) is 0.912. The van der Waals surface area contributed by atoms with Crippen molar-refractivity contribution in [1.29, 1.82) is 0 Å². The first-order chi connectivity index (χ1) is 15.8. The number of piperazine rings is 1. The van der Waals surface area contributed by atoms with Crippen molar-refractivity contribution in [3.05, 3.63) is 70.8 Å². The largest absolute Gasteiger partial charge is 0.420 e. The molecule has 1 saturated heterocycles. The van der Waals surface area contributed by atoms with Crippen molar-refractivity contribution in [3.8, 4) is 0 Å². The molecule has 10 heteroatoms. The highest BCUT2D eigenvalue weighted by molar-refractivity contribution is 5.61. The van der Waals surface area contributed by atoms with Gasteiger partial charge in [-0.15, -0.1) is 10.2 Å². The number of aromatic nitrogens is 3. The second-order valence-corrected chi connectivity index (χ2v) is 8.93. The van der Waals surface area contributed by atoms with E-state index in [2.05, 4.69) is 10.2 Å². The van der Waals surface area contributed by atoms with Crippen LogP contribution in [0.5, 0.6) is 0 Å². The molecule has 0 amide bonds. The fourth-order valence-electron chi connectivity index (χ4n) is 4.71. The zero-order valence-corrected chi connectivity index (χ0v) is 17.5. The lowest BCUT2D eigenvalue weighted by Gasteiger charge is -2.35. The minimum absolute atomic E-state index is 0.0839. The molecule has 1 saturated carbocycles. The molecule has 2 aliphatic carbocycles. The van der Waals surface area contributed by atoms with Gasteiger partial charge in [-0.2, -0.15) is 13.2 Å². The molecule has 33 heavy (non-hydrogen) atoms. The molecule has 1 atom stereocenters. The third-order valence-corrected chi connectivity index (χ3v) is 6.60. The van der Waals surface area contributed by atoms with Gasteiger partial charge in [-0.3, -0.25) is 9.30 Å². The van der Waals surface area contributed by atoms with Crippen LogP contribution in [0.25, 0.3) is 5.65 Å². The van der Waals surface area contributed by atoms with E-state index in [4.69, 9.17) is 0 Å². The molecule has 1 aromatic carbocycles. The predicted molar refractivity (Wildman–Crippen MR) is 110 cm³/mol. The summed E-state index contributed by atoms with van der Waals surface area (Å²) in [5, 5.41) is 7.94. The molecule has 1 unspecified atom stereocenters. The van der Waals surface area contributed by atoms with Crippen LogP contribution in [0.1, 0.15) is 29.8 Å². The molecule has 3 aliphatic rings. The Morgan fingerprint density at radius 2 is 1.85 bits per heavy atom. The van der Waals surface area contributed by atoms with Crippen LogP contribution in [-0.2, 0) is 19.1 Å². The zero-order valence-electron chi connectivity index (χ0n) is 17.5. The minimum Gasteiger partial charge on any atom is -0.340 e. The first kappa shape index (κ1) is 20.6. The van der Waals surface area contributed by atoms with Gasteiger partial charge in [0.25, 0.3) is 0 Å². The zero-order chi connectivity index (χ0) is 22.9. The molecule has 5 nitrogen and oxygen atoms in total. The van der Waals surface area contributed by atoms with E-state index in [0.29, 0.717) is 31.3 Å². The number of benzene rings is 1. The average molecular weight is 461 g/mol. The van der Waals surface area contributed by atoms with Crippen molar-refractivity contribution in [2.75, 3.05) is 18.0 Å². The van der Waals surface area contributed by atoms with Gasteiger partial charge in [-0.25, -0.2) is 8.78 Å². The molecule has 172 valence electrons. The Morgan fingerprint density at radius 1 is 1.03 bits per heavy atom. The Kier molecular flexibility index (Phi) is 4.52. The maximum atomic E-state index is 14.2. The number of hydrogen-bond donors (Lipinski definition) is 0. The van der Waals surface area contributed by atoms with Gasteiger partial charge in [0.2, 0.25) is 0 Å². The van der Waals surface area contributed by atoms with E-state index >= 15 is 0 Å². The van der Waals surface area contributed by atoms with Crippen LogP contribution < -0.4 is 4.90 Å². The highest BCUT2D eigenvalue weighted by Crippen LogP contribution is 2.41. The number of fused-ring (bicyclic) bond motifs is 2. The lowest BCUT2D eigenvalue weighted by molar-refractivity contribution is -0.137. The van der Waals surface area contributed by atoms with E-state index in [9.17, 15) is 22.0 Å². The number of halogens is 5. The van der Waals surface area contributed by atoms with E-state index in [-0.39, 0.29) is 29.5 Å². The maximum Gasteiger partial charge on any atom is 0.420 e. The van der Waals surface area contributed by atoms with Gasteiger partial charge < -0.3 is 4.90 Å². The summed E-state index contributed by atoms with van der Waals surface area (Å²) in [4.78, 5) is 3.68. The van der Waals surface area contributed by atoms with Crippen LogP contribution in [0.2, 0.25) is 0 Å². The first-order valence-corrected chi connectivity index (χ1v) is 10.9. The topological polar surface area (TPSA) is 36.7 Å². The number of anilines is 1. The van der Waals surface area contributed by atoms with Crippen molar-refractivity contribution >= 4 is 11.3 Å². The summed E-state index contributed by atoms with van der Waals surface area (Å²) >= 11 is 0. The molecule has 6 rings (SSSR count). The van der Waals surface area contributed by atoms with Crippen molar-refractivity contribution in [2.24, 2.45) is 5.92 Å². The van der Waals surface area contributed by atoms with Gasteiger partial charge in [0.05, 0.1) is 11.7 Å². The van der Waals surface area contributed by atoms with E-state index in [0.717, 1.165) is 24.6 Å². The molecule has 2 fully saturated rings. The summed E-state index contributed by atoms with van der Waals surface area (Å²) in [6.07, 6.45) is 1.72. The highest BCUT2D eigenvalue weighted by Gasteiger charge is 2.43. The molecule has 0 spiro atoms. The highest BCUT2D eigenvalue weighted by atomic mass is 19.4. The van der Waals surface area contributed by atoms with Crippen molar-refractivity contribution in [2.45, 2.75) is 38.0 Å². The smallest absolute Gasteiger partial charge is 0.340 e. The van der Waals surface area contributed by atoms with Crippen LogP contribution in [0.15, 0.2) is 42.2 Å². The molecule has 0 N–H and O–H groups in total. The normalized spacial score (nSPS) is 20.8. The van der Waals surface area contributed by atoms with E-state index in [1.54, 1.807) is 11.1 Å². The van der Waals surface area contributed by atoms with Gasteiger partial charge in [0.15, 0.2) is 5.65 Å². The standard InChI is InChI=1S/C23H20F5N5/c24-15-3-4-17(16(25)10-15)32-8-7-31(18-11-19(18)32)12-14-5-6-33-20(9-13-1-2-13)29-30-22(33)21(14)23(26,27)28/h3-6,10-11,13,18H,1-2,7-9,12H2. The number of hydrogen-bond acceptors (Lipinski definition) is 4. The SMILES string of the molecule is Fc1ccc(N2CCN(Cc3ccn4c(CC5CC5)nnc4c3C(F)(F)F)C3C=C32)c(F)c1. The Labute approximate surface area is 186 Å². The van der Waals surface area contributed by atoms with E-state index in [1.165, 1.54) is 22.6 Å². The van der Waals surface area contributed by atoms with Crippen LogP contribution in [0, 0.1) is 17.6 Å². The van der Waals surface area contributed by atoms with Crippen LogP contribution >= 0.6 is 0 Å². The Balaban J connectivity index is 1.26. The average Bonchev–Trinajstić information content (AvgIpc) is 3.66. The van der Waals surface area contributed by atoms with Crippen LogP contribution in [-0.4, -0.2) is 38.6 Å². The lowest BCUT2D eigenvalue weighted by Crippen LogP contribution is -2.43. The van der Waals surface area contributed by atoms with Crippen LogP contribution in [0.3, 0.4) is 0 Å². The van der Waals surface area contributed by atoms with Crippen molar-refractivity contribution in [3.63, 3.8) is 0 Å². The van der Waals surface area contributed by atoms with Crippen LogP contribution in [0.4, 0.5) is 27.6 Å². The second-order valence-electron chi connectivity index (χ2n) is 8.93. The molecular formula is C23H20F5N5. The van der Waals surface area contributed by atoms with Gasteiger partial charge >= 0.3 is 6.18 Å². The quantitative estimate of drug-likeness (QED) is 0.522. The summed E-state index contributed by atoms with van der Waals surface area (Å²) in [5.41, 5.74) is 0.311. The van der Waals surface area contributed by atoms with Crippen molar-refractivity contribution in [1.82, 2.24) is 19.5 Å². The molecule has 3 heterocycles. The predicted octanol–water partition coefficient (Wildman–Crippen LogP) is 4.57. The summed E-state index contributed by atoms with van der Waals surface area (Å²) in [5.74, 6) is -0.271. The monoisotopic (exact) mass is 461 g/mol. The fourth-order valence-corrected chi connectivity index (χ4v) is 4.71. The van der Waals surface area contributed by atoms with Gasteiger partial charge in [-0.05, 0) is 48.6 Å². The van der Waals surface area contributed by atoms with Gasteiger partial charge in [0, 0.05) is 44.0 Å². The van der Waals surface area contributed by atoms with E-state index in [1.807, 2.05) is 11.0 Å². The summed E-state index contributed by atoms with van der Waals surface area (Å²) in [7, 11) is 0. The lowest BCUT2D eigenvalue weighted by atomic mass is 10.1. The molecule has 3 aromatic rings. The number of rotatable bonds is 5. The molecule has 0 radical (unpaired) electrons. The van der Waals surface area contributed by atoms with Gasteiger partial charge in [0.1, 0.15) is 23.0 Å². The maximum absolute atomic E-state index is 14.2. The molecule has 0 bridgehead atoms. The first-order valence-electron chi connectivity index (χ1n) is 10.9. The van der Waals surface area contributed by atoms with Crippen molar-refractivity contribution < 1.29 is 22.0 Å². The number of alkyl halides is 3. The second kappa shape index (κ2) is 7.24. The fraction of sp³-hybridized carbons (Fsp3) is 0.391. The van der Waals surface area contributed by atoms with Gasteiger partial charge in [-0.1, -0.05) is 0 Å². The summed E-state index contributed by atoms with van der Waals surface area (Å²) < 4.78 is 71.2.